The zero-order chi connectivity index (χ0) is 15.3. The number of ether oxygens (including phenoxy) is 1. The number of nitrogens with two attached hydrogens (primary N) is 1. The van der Waals surface area contributed by atoms with Crippen molar-refractivity contribution in [2.75, 3.05) is 6.54 Å². The fourth-order valence-electron chi connectivity index (χ4n) is 1.65. The third kappa shape index (κ3) is 6.44. The van der Waals surface area contributed by atoms with Crippen LogP contribution in [0, 0.1) is 0 Å². The van der Waals surface area contributed by atoms with Crippen molar-refractivity contribution in [2.45, 2.75) is 19.4 Å². The highest BCUT2D eigenvalue weighted by molar-refractivity contribution is 5.94. The summed E-state index contributed by atoms with van der Waals surface area (Å²) in [5.41, 5.74) is 5.74. The van der Waals surface area contributed by atoms with E-state index in [1.807, 2.05) is 19.9 Å². The fraction of sp³-hybridized carbons (Fsp3) is 0.250. The first-order valence-corrected chi connectivity index (χ1v) is 6.71. The maximum Gasteiger partial charge on any atom is 0.251 e. The molecule has 0 radical (unpaired) electrons. The summed E-state index contributed by atoms with van der Waals surface area (Å²) in [7, 11) is 0. The van der Waals surface area contributed by atoms with Gasteiger partial charge in [-0.2, -0.15) is 0 Å². The van der Waals surface area contributed by atoms with Crippen molar-refractivity contribution < 1.29 is 9.53 Å². The van der Waals surface area contributed by atoms with Crippen molar-refractivity contribution in [3.05, 3.63) is 54.4 Å². The molecule has 126 valence electrons. The van der Waals surface area contributed by atoms with E-state index in [-0.39, 0.29) is 30.7 Å². The van der Waals surface area contributed by atoms with Gasteiger partial charge in [0.1, 0.15) is 11.5 Å². The van der Waals surface area contributed by atoms with Gasteiger partial charge in [-0.1, -0.05) is 0 Å². The van der Waals surface area contributed by atoms with Crippen LogP contribution in [0.1, 0.15) is 24.2 Å². The lowest BCUT2D eigenvalue weighted by Gasteiger charge is -2.24. The fourth-order valence-corrected chi connectivity index (χ4v) is 1.65. The van der Waals surface area contributed by atoms with E-state index in [0.29, 0.717) is 23.6 Å². The van der Waals surface area contributed by atoms with Gasteiger partial charge in [-0.15, -0.1) is 24.8 Å². The highest BCUT2D eigenvalue weighted by atomic mass is 35.5. The molecule has 2 rings (SSSR count). The van der Waals surface area contributed by atoms with Crippen molar-refractivity contribution in [3.8, 4) is 11.5 Å². The van der Waals surface area contributed by atoms with Crippen LogP contribution in [0.25, 0.3) is 0 Å². The second kappa shape index (κ2) is 9.35. The molecular formula is C16H21Cl2N3O2. The van der Waals surface area contributed by atoms with Crippen LogP contribution in [0.5, 0.6) is 11.5 Å². The number of hydrogen-bond donors (Lipinski definition) is 2. The number of benzene rings is 1. The van der Waals surface area contributed by atoms with Gasteiger partial charge in [-0.05, 0) is 50.2 Å². The lowest BCUT2D eigenvalue weighted by molar-refractivity contribution is 0.0915. The number of carbonyl (C=O) groups excluding carboxylic acids is 1. The number of rotatable bonds is 5. The van der Waals surface area contributed by atoms with Gasteiger partial charge in [-0.25, -0.2) is 0 Å². The van der Waals surface area contributed by atoms with E-state index < -0.39 is 5.54 Å². The van der Waals surface area contributed by atoms with Crippen molar-refractivity contribution in [2.24, 2.45) is 5.73 Å². The van der Waals surface area contributed by atoms with Crippen molar-refractivity contribution in [3.63, 3.8) is 0 Å². The molecule has 1 amide bonds. The van der Waals surface area contributed by atoms with E-state index in [1.165, 1.54) is 0 Å². The molecule has 0 unspecified atom stereocenters. The molecule has 1 heterocycles. The topological polar surface area (TPSA) is 77.2 Å². The molecule has 1 aromatic heterocycles. The summed E-state index contributed by atoms with van der Waals surface area (Å²) in [5, 5.41) is 2.88. The van der Waals surface area contributed by atoms with Crippen LogP contribution in [0.4, 0.5) is 0 Å². The summed E-state index contributed by atoms with van der Waals surface area (Å²) in [6, 6.07) is 10.5. The molecule has 0 saturated carbocycles. The summed E-state index contributed by atoms with van der Waals surface area (Å²) in [5.74, 6) is 1.15. The average Bonchev–Trinajstić information content (AvgIpc) is 2.48. The van der Waals surface area contributed by atoms with Gasteiger partial charge in [0.25, 0.3) is 5.91 Å². The van der Waals surface area contributed by atoms with E-state index in [2.05, 4.69) is 10.3 Å². The number of halogens is 2. The van der Waals surface area contributed by atoms with Crippen LogP contribution in [0.2, 0.25) is 0 Å². The number of pyridine rings is 1. The standard InChI is InChI=1S/C16H19N3O2.2ClH/c1-16(2,11-17)19-15(20)12-5-7-13(8-6-12)21-14-4-3-9-18-10-14;;/h3-10H,11,17H2,1-2H3,(H,19,20);2*1H. The van der Waals surface area contributed by atoms with Crippen LogP contribution in [0.15, 0.2) is 48.8 Å². The summed E-state index contributed by atoms with van der Waals surface area (Å²) in [6.07, 6.45) is 3.31. The van der Waals surface area contributed by atoms with Gasteiger partial charge in [0.15, 0.2) is 0 Å². The predicted octanol–water partition coefficient (Wildman–Crippen LogP) is 3.18. The van der Waals surface area contributed by atoms with E-state index in [0.717, 1.165) is 0 Å². The first-order chi connectivity index (χ1) is 10.00. The Labute approximate surface area is 148 Å². The number of nitrogens with zero attached hydrogens (tertiary/aromatic N) is 1. The number of hydrogen-bond acceptors (Lipinski definition) is 4. The minimum atomic E-state index is -0.429. The third-order valence-corrected chi connectivity index (χ3v) is 2.95. The molecule has 0 aliphatic rings. The molecule has 0 saturated heterocycles. The Kier molecular flexibility index (Phi) is 8.61. The molecule has 23 heavy (non-hydrogen) atoms. The summed E-state index contributed by atoms with van der Waals surface area (Å²) in [4.78, 5) is 16.0. The predicted molar refractivity (Wildman–Crippen MR) is 95.8 cm³/mol. The molecule has 0 fully saturated rings. The summed E-state index contributed by atoms with van der Waals surface area (Å²) in [6.45, 7) is 4.14. The van der Waals surface area contributed by atoms with Crippen LogP contribution in [-0.2, 0) is 0 Å². The molecule has 2 aromatic rings. The van der Waals surface area contributed by atoms with Crippen molar-refractivity contribution in [1.82, 2.24) is 10.3 Å². The Bertz CT molecular complexity index is 604. The SMILES string of the molecule is CC(C)(CN)NC(=O)c1ccc(Oc2cccnc2)cc1.Cl.Cl. The second-order valence-corrected chi connectivity index (χ2v) is 5.36. The van der Waals surface area contributed by atoms with Crippen LogP contribution in [0.3, 0.4) is 0 Å². The van der Waals surface area contributed by atoms with Gasteiger partial charge < -0.3 is 15.8 Å². The van der Waals surface area contributed by atoms with Crippen LogP contribution < -0.4 is 15.8 Å². The third-order valence-electron chi connectivity index (χ3n) is 2.95. The molecule has 0 spiro atoms. The quantitative estimate of drug-likeness (QED) is 0.861. The lowest BCUT2D eigenvalue weighted by Crippen LogP contribution is -2.48. The van der Waals surface area contributed by atoms with Crippen molar-refractivity contribution in [1.29, 1.82) is 0 Å². The Morgan fingerprint density at radius 2 is 1.83 bits per heavy atom. The number of carbonyl (C=O) groups is 1. The largest absolute Gasteiger partial charge is 0.456 e. The molecule has 7 heteroatoms. The maximum absolute atomic E-state index is 12.1. The lowest BCUT2D eigenvalue weighted by atomic mass is 10.1. The Hall–Kier alpha value is -1.82. The molecule has 1 aromatic carbocycles. The van der Waals surface area contributed by atoms with Gasteiger partial charge in [0, 0.05) is 23.8 Å². The molecule has 3 N–H and O–H groups in total. The first-order valence-electron chi connectivity index (χ1n) is 6.71. The zero-order valence-corrected chi connectivity index (χ0v) is 14.6. The zero-order valence-electron chi connectivity index (χ0n) is 13.0. The van der Waals surface area contributed by atoms with Gasteiger partial charge >= 0.3 is 0 Å². The highest BCUT2D eigenvalue weighted by Crippen LogP contribution is 2.20. The average molecular weight is 358 g/mol. The molecule has 0 aliphatic heterocycles. The summed E-state index contributed by atoms with van der Waals surface area (Å²) < 4.78 is 5.62. The van der Waals surface area contributed by atoms with E-state index >= 15 is 0 Å². The highest BCUT2D eigenvalue weighted by Gasteiger charge is 2.19. The molecule has 0 bridgehead atoms. The Morgan fingerprint density at radius 3 is 2.35 bits per heavy atom. The molecule has 0 aliphatic carbocycles. The van der Waals surface area contributed by atoms with Gasteiger partial charge in [0.05, 0.1) is 6.20 Å². The van der Waals surface area contributed by atoms with Crippen molar-refractivity contribution >= 4 is 30.7 Å². The number of nitrogens with one attached hydrogen (secondary N) is 1. The number of amides is 1. The molecular weight excluding hydrogens is 337 g/mol. The Balaban J connectivity index is 0.00000242. The summed E-state index contributed by atoms with van der Waals surface area (Å²) >= 11 is 0. The molecule has 5 nitrogen and oxygen atoms in total. The van der Waals surface area contributed by atoms with E-state index in [1.54, 1.807) is 42.7 Å². The normalized spacial score (nSPS) is 10.0. The molecule has 0 atom stereocenters. The van der Waals surface area contributed by atoms with E-state index in [4.69, 9.17) is 10.5 Å². The smallest absolute Gasteiger partial charge is 0.251 e. The van der Waals surface area contributed by atoms with Gasteiger partial charge in [-0.3, -0.25) is 9.78 Å². The van der Waals surface area contributed by atoms with E-state index in [9.17, 15) is 4.79 Å². The van der Waals surface area contributed by atoms with Crippen LogP contribution in [-0.4, -0.2) is 23.0 Å². The van der Waals surface area contributed by atoms with Crippen LogP contribution >= 0.6 is 24.8 Å². The minimum absolute atomic E-state index is 0. The monoisotopic (exact) mass is 357 g/mol. The minimum Gasteiger partial charge on any atom is -0.456 e. The van der Waals surface area contributed by atoms with Gasteiger partial charge in [0.2, 0.25) is 0 Å². The number of aromatic nitrogens is 1. The maximum atomic E-state index is 12.1. The Morgan fingerprint density at radius 1 is 1.17 bits per heavy atom. The second-order valence-electron chi connectivity index (χ2n) is 5.36. The first kappa shape index (κ1) is 21.2.